The minimum atomic E-state index is -0.0228. The van der Waals surface area contributed by atoms with Crippen LogP contribution in [0.5, 0.6) is 0 Å². The first-order valence-electron chi connectivity index (χ1n) is 5.51. The molecule has 2 rings (SSSR count). The van der Waals surface area contributed by atoms with Gasteiger partial charge in [0.05, 0.1) is 5.69 Å². The first-order chi connectivity index (χ1) is 7.65. The van der Waals surface area contributed by atoms with Crippen LogP contribution in [-0.4, -0.2) is 20.2 Å². The molecule has 2 aromatic rings. The summed E-state index contributed by atoms with van der Waals surface area (Å²) in [6, 6.07) is 1.81. The van der Waals surface area contributed by atoms with Crippen LogP contribution >= 0.6 is 0 Å². The van der Waals surface area contributed by atoms with E-state index in [4.69, 9.17) is 0 Å². The molecule has 0 amide bonds. The van der Waals surface area contributed by atoms with Crippen molar-refractivity contribution in [2.24, 2.45) is 5.92 Å². The zero-order valence-electron chi connectivity index (χ0n) is 9.77. The van der Waals surface area contributed by atoms with Gasteiger partial charge in [-0.05, 0) is 12.5 Å². The average molecular weight is 217 g/mol. The van der Waals surface area contributed by atoms with E-state index >= 15 is 0 Å². The summed E-state index contributed by atoms with van der Waals surface area (Å²) in [6.45, 7) is 5.80. The van der Waals surface area contributed by atoms with E-state index in [0.29, 0.717) is 11.5 Å². The zero-order chi connectivity index (χ0) is 11.7. The summed E-state index contributed by atoms with van der Waals surface area (Å²) < 4.78 is 1.78. The smallest absolute Gasteiger partial charge is 0.234 e. The number of hydrogen-bond donors (Lipinski definition) is 0. The maximum atomic E-state index is 12.1. The summed E-state index contributed by atoms with van der Waals surface area (Å²) in [4.78, 5) is 20.6. The van der Waals surface area contributed by atoms with Gasteiger partial charge in [-0.25, -0.2) is 9.97 Å². The Bertz CT molecular complexity index is 528. The van der Waals surface area contributed by atoms with E-state index in [1.807, 2.05) is 33.0 Å². The van der Waals surface area contributed by atoms with Gasteiger partial charge in [0.2, 0.25) is 5.78 Å². The van der Waals surface area contributed by atoms with E-state index < -0.39 is 0 Å². The number of hydrogen-bond acceptors (Lipinski definition) is 3. The van der Waals surface area contributed by atoms with E-state index in [2.05, 4.69) is 9.97 Å². The summed E-state index contributed by atoms with van der Waals surface area (Å²) in [5, 5.41) is 0. The topological polar surface area (TPSA) is 47.3 Å². The second-order valence-corrected chi connectivity index (χ2v) is 4.07. The lowest BCUT2D eigenvalue weighted by Gasteiger charge is -2.05. The summed E-state index contributed by atoms with van der Waals surface area (Å²) >= 11 is 0. The molecule has 0 bridgehead atoms. The highest BCUT2D eigenvalue weighted by molar-refractivity contribution is 5.97. The lowest BCUT2D eigenvalue weighted by molar-refractivity contribution is 0.0932. The monoisotopic (exact) mass is 217 g/mol. The molecule has 0 spiro atoms. The maximum Gasteiger partial charge on any atom is 0.234 e. The fourth-order valence-corrected chi connectivity index (χ4v) is 1.71. The Morgan fingerprint density at radius 2 is 2.25 bits per heavy atom. The number of nitrogens with zero attached hydrogens (tertiary/aromatic N) is 3. The molecule has 0 unspecified atom stereocenters. The van der Waals surface area contributed by atoms with E-state index in [9.17, 15) is 4.79 Å². The standard InChI is InChI=1S/C12H15N3O/c1-4-9-10(11(16)8(2)3)15-7-5-6-13-12(15)14-9/h5-8H,4H2,1-3H3. The van der Waals surface area contributed by atoms with Gasteiger partial charge in [-0.3, -0.25) is 9.20 Å². The van der Waals surface area contributed by atoms with Gasteiger partial charge in [-0.1, -0.05) is 20.8 Å². The summed E-state index contributed by atoms with van der Waals surface area (Å²) in [7, 11) is 0. The third kappa shape index (κ3) is 1.60. The molecule has 0 saturated heterocycles. The Morgan fingerprint density at radius 3 is 2.88 bits per heavy atom. The molecule has 0 aliphatic rings. The van der Waals surface area contributed by atoms with Crippen LogP contribution in [0.15, 0.2) is 18.5 Å². The Balaban J connectivity index is 2.69. The van der Waals surface area contributed by atoms with Gasteiger partial charge in [-0.15, -0.1) is 0 Å². The molecule has 0 aromatic carbocycles. The van der Waals surface area contributed by atoms with Gasteiger partial charge in [0.1, 0.15) is 5.69 Å². The quantitative estimate of drug-likeness (QED) is 0.740. The van der Waals surface area contributed by atoms with Crippen LogP contribution in [-0.2, 0) is 6.42 Å². The van der Waals surface area contributed by atoms with Crippen molar-refractivity contribution in [3.05, 3.63) is 29.8 Å². The number of carbonyl (C=O) groups excluding carboxylic acids is 1. The minimum absolute atomic E-state index is 0.0228. The molecule has 2 aromatic heterocycles. The number of Topliss-reactive ketones (excluding diaryl/α,β-unsaturated/α-hetero) is 1. The Morgan fingerprint density at radius 1 is 1.50 bits per heavy atom. The maximum absolute atomic E-state index is 12.1. The van der Waals surface area contributed by atoms with E-state index in [1.54, 1.807) is 10.6 Å². The fourth-order valence-electron chi connectivity index (χ4n) is 1.71. The number of aromatic nitrogens is 3. The minimum Gasteiger partial charge on any atom is -0.292 e. The fraction of sp³-hybridized carbons (Fsp3) is 0.417. The molecule has 0 aliphatic heterocycles. The SMILES string of the molecule is CCc1nc2ncccn2c1C(=O)C(C)C. The van der Waals surface area contributed by atoms with E-state index in [-0.39, 0.29) is 11.7 Å². The summed E-state index contributed by atoms with van der Waals surface area (Å²) in [5.41, 5.74) is 1.51. The molecule has 0 N–H and O–H groups in total. The molecule has 0 aliphatic carbocycles. The third-order valence-corrected chi connectivity index (χ3v) is 2.57. The molecule has 0 saturated carbocycles. The number of ketones is 1. The molecule has 84 valence electrons. The van der Waals surface area contributed by atoms with Crippen molar-refractivity contribution >= 4 is 11.6 Å². The van der Waals surface area contributed by atoms with Crippen LogP contribution in [0.3, 0.4) is 0 Å². The van der Waals surface area contributed by atoms with Gasteiger partial charge >= 0.3 is 0 Å². The normalized spacial score (nSPS) is 11.2. The third-order valence-electron chi connectivity index (χ3n) is 2.57. The second kappa shape index (κ2) is 4.04. The molecule has 0 fully saturated rings. The highest BCUT2D eigenvalue weighted by atomic mass is 16.1. The Hall–Kier alpha value is -1.71. The number of imidazole rings is 1. The first-order valence-corrected chi connectivity index (χ1v) is 5.51. The first kappa shape index (κ1) is 10.8. The molecular weight excluding hydrogens is 202 g/mol. The van der Waals surface area contributed by atoms with Gasteiger partial charge in [-0.2, -0.15) is 0 Å². The van der Waals surface area contributed by atoms with Crippen molar-refractivity contribution in [3.8, 4) is 0 Å². The number of carbonyl (C=O) groups is 1. The molecule has 4 heteroatoms. The molecule has 16 heavy (non-hydrogen) atoms. The van der Waals surface area contributed by atoms with Crippen molar-refractivity contribution in [3.63, 3.8) is 0 Å². The predicted molar refractivity (Wildman–Crippen MR) is 61.5 cm³/mol. The lowest BCUT2D eigenvalue weighted by atomic mass is 10.0. The number of aryl methyl sites for hydroxylation is 1. The summed E-state index contributed by atoms with van der Waals surface area (Å²) in [6.07, 6.45) is 4.27. The molecule has 4 nitrogen and oxygen atoms in total. The van der Waals surface area contributed by atoms with Crippen LogP contribution in [0.25, 0.3) is 5.78 Å². The Labute approximate surface area is 94.3 Å². The van der Waals surface area contributed by atoms with Crippen LogP contribution in [0.4, 0.5) is 0 Å². The highest BCUT2D eigenvalue weighted by Crippen LogP contribution is 2.15. The van der Waals surface area contributed by atoms with E-state index in [1.165, 1.54) is 0 Å². The van der Waals surface area contributed by atoms with Crippen LogP contribution in [0, 0.1) is 5.92 Å². The number of fused-ring (bicyclic) bond motifs is 1. The molecule has 2 heterocycles. The molecule has 0 radical (unpaired) electrons. The van der Waals surface area contributed by atoms with Crippen LogP contribution < -0.4 is 0 Å². The predicted octanol–water partition coefficient (Wildman–Crippen LogP) is 2.13. The van der Waals surface area contributed by atoms with Gasteiger partial charge < -0.3 is 0 Å². The molecule has 0 atom stereocenters. The van der Waals surface area contributed by atoms with Gasteiger partial charge in [0.15, 0.2) is 5.78 Å². The average Bonchev–Trinajstić information content (AvgIpc) is 2.66. The van der Waals surface area contributed by atoms with Crippen LogP contribution in [0.2, 0.25) is 0 Å². The van der Waals surface area contributed by atoms with E-state index in [0.717, 1.165) is 12.1 Å². The molecular formula is C12H15N3O. The number of rotatable bonds is 3. The lowest BCUT2D eigenvalue weighted by Crippen LogP contribution is -2.12. The zero-order valence-corrected chi connectivity index (χ0v) is 9.77. The van der Waals surface area contributed by atoms with Crippen molar-refractivity contribution in [2.75, 3.05) is 0 Å². The highest BCUT2D eigenvalue weighted by Gasteiger charge is 2.20. The van der Waals surface area contributed by atoms with Gasteiger partial charge in [0.25, 0.3) is 0 Å². The van der Waals surface area contributed by atoms with Crippen LogP contribution in [0.1, 0.15) is 37.0 Å². The Kier molecular flexibility index (Phi) is 2.73. The van der Waals surface area contributed by atoms with Gasteiger partial charge in [0, 0.05) is 18.3 Å². The van der Waals surface area contributed by atoms with Crippen molar-refractivity contribution in [1.29, 1.82) is 0 Å². The second-order valence-electron chi connectivity index (χ2n) is 4.07. The van der Waals surface area contributed by atoms with Crippen molar-refractivity contribution < 1.29 is 4.79 Å². The van der Waals surface area contributed by atoms with Crippen molar-refractivity contribution in [2.45, 2.75) is 27.2 Å². The summed E-state index contributed by atoms with van der Waals surface area (Å²) in [5.74, 6) is 0.700. The largest absolute Gasteiger partial charge is 0.292 e. The van der Waals surface area contributed by atoms with Crippen molar-refractivity contribution in [1.82, 2.24) is 14.4 Å².